The molecular formula is C16H26N2O. The Morgan fingerprint density at radius 2 is 2.26 bits per heavy atom. The highest BCUT2D eigenvalue weighted by molar-refractivity contribution is 5.25. The van der Waals surface area contributed by atoms with Gasteiger partial charge in [-0.1, -0.05) is 36.8 Å². The monoisotopic (exact) mass is 262 g/mol. The van der Waals surface area contributed by atoms with E-state index < -0.39 is 0 Å². The van der Waals surface area contributed by atoms with Crippen LogP contribution in [0.1, 0.15) is 30.5 Å². The van der Waals surface area contributed by atoms with Gasteiger partial charge in [0.15, 0.2) is 0 Å². The van der Waals surface area contributed by atoms with Gasteiger partial charge in [0, 0.05) is 26.2 Å². The SMILES string of the molecule is COC1CN(C(CN)c2cccc(C)c2)CCC1C. The van der Waals surface area contributed by atoms with Gasteiger partial charge in [-0.25, -0.2) is 0 Å². The van der Waals surface area contributed by atoms with Gasteiger partial charge < -0.3 is 10.5 Å². The van der Waals surface area contributed by atoms with Crippen LogP contribution in [-0.2, 0) is 4.74 Å². The molecule has 3 nitrogen and oxygen atoms in total. The maximum atomic E-state index is 6.02. The zero-order valence-corrected chi connectivity index (χ0v) is 12.3. The maximum Gasteiger partial charge on any atom is 0.0724 e. The van der Waals surface area contributed by atoms with Crippen LogP contribution >= 0.6 is 0 Å². The first-order chi connectivity index (χ1) is 9.15. The molecule has 1 aromatic carbocycles. The molecule has 1 heterocycles. The van der Waals surface area contributed by atoms with Crippen LogP contribution in [0.25, 0.3) is 0 Å². The molecule has 0 aromatic heterocycles. The Morgan fingerprint density at radius 1 is 1.47 bits per heavy atom. The summed E-state index contributed by atoms with van der Waals surface area (Å²) in [6.45, 7) is 7.15. The molecule has 0 spiro atoms. The molecule has 2 rings (SSSR count). The highest BCUT2D eigenvalue weighted by Gasteiger charge is 2.30. The van der Waals surface area contributed by atoms with Crippen molar-refractivity contribution in [1.29, 1.82) is 0 Å². The van der Waals surface area contributed by atoms with Crippen molar-refractivity contribution in [2.75, 3.05) is 26.7 Å². The summed E-state index contributed by atoms with van der Waals surface area (Å²) in [6, 6.07) is 8.99. The van der Waals surface area contributed by atoms with E-state index >= 15 is 0 Å². The van der Waals surface area contributed by atoms with Crippen molar-refractivity contribution < 1.29 is 4.74 Å². The fourth-order valence-corrected chi connectivity index (χ4v) is 3.02. The number of ether oxygens (including phenoxy) is 1. The van der Waals surface area contributed by atoms with Crippen LogP contribution in [0.2, 0.25) is 0 Å². The van der Waals surface area contributed by atoms with E-state index in [-0.39, 0.29) is 0 Å². The third-order valence-corrected chi connectivity index (χ3v) is 4.31. The molecule has 1 aliphatic heterocycles. The molecule has 0 amide bonds. The molecule has 106 valence electrons. The first-order valence-corrected chi connectivity index (χ1v) is 7.19. The predicted molar refractivity (Wildman–Crippen MR) is 79.1 cm³/mol. The van der Waals surface area contributed by atoms with Gasteiger partial charge in [0.25, 0.3) is 0 Å². The van der Waals surface area contributed by atoms with Crippen LogP contribution in [0.15, 0.2) is 24.3 Å². The van der Waals surface area contributed by atoms with Crippen molar-refractivity contribution in [2.24, 2.45) is 11.7 Å². The minimum Gasteiger partial charge on any atom is -0.380 e. The number of aryl methyl sites for hydroxylation is 1. The molecule has 1 fully saturated rings. The van der Waals surface area contributed by atoms with Gasteiger partial charge in [-0.3, -0.25) is 4.90 Å². The fourth-order valence-electron chi connectivity index (χ4n) is 3.02. The van der Waals surface area contributed by atoms with Gasteiger partial charge in [-0.2, -0.15) is 0 Å². The Labute approximate surface area is 116 Å². The van der Waals surface area contributed by atoms with E-state index in [4.69, 9.17) is 10.5 Å². The fraction of sp³-hybridized carbons (Fsp3) is 0.625. The van der Waals surface area contributed by atoms with Crippen molar-refractivity contribution in [1.82, 2.24) is 4.90 Å². The van der Waals surface area contributed by atoms with Crippen molar-refractivity contribution in [3.8, 4) is 0 Å². The lowest BCUT2D eigenvalue weighted by Gasteiger charge is -2.40. The average molecular weight is 262 g/mol. The van der Waals surface area contributed by atoms with E-state index in [0.29, 0.717) is 24.6 Å². The second kappa shape index (κ2) is 6.51. The van der Waals surface area contributed by atoms with Gasteiger partial charge >= 0.3 is 0 Å². The van der Waals surface area contributed by atoms with Crippen LogP contribution in [0.4, 0.5) is 0 Å². The topological polar surface area (TPSA) is 38.5 Å². The van der Waals surface area contributed by atoms with Crippen LogP contribution in [-0.4, -0.2) is 37.7 Å². The number of methoxy groups -OCH3 is 1. The minimum absolute atomic E-state index is 0.310. The summed E-state index contributed by atoms with van der Waals surface area (Å²) in [5.74, 6) is 0.636. The van der Waals surface area contributed by atoms with Gasteiger partial charge in [-0.05, 0) is 31.4 Å². The lowest BCUT2D eigenvalue weighted by atomic mass is 9.93. The van der Waals surface area contributed by atoms with Crippen molar-refractivity contribution in [3.63, 3.8) is 0 Å². The standard InChI is InChI=1S/C16H26N2O/c1-12-5-4-6-14(9-12)15(10-17)18-8-7-13(2)16(11-18)19-3/h4-6,9,13,15-16H,7-8,10-11,17H2,1-3H3. The van der Waals surface area contributed by atoms with E-state index in [9.17, 15) is 0 Å². The Hall–Kier alpha value is -0.900. The molecule has 1 saturated heterocycles. The summed E-state index contributed by atoms with van der Waals surface area (Å²) in [6.07, 6.45) is 1.51. The Kier molecular flexibility index (Phi) is 4.97. The van der Waals surface area contributed by atoms with Crippen molar-refractivity contribution >= 4 is 0 Å². The molecule has 0 radical (unpaired) electrons. The molecule has 0 aliphatic carbocycles. The second-order valence-corrected chi connectivity index (χ2v) is 5.70. The summed E-state index contributed by atoms with van der Waals surface area (Å²) in [5.41, 5.74) is 8.65. The van der Waals surface area contributed by atoms with Crippen LogP contribution in [0, 0.1) is 12.8 Å². The van der Waals surface area contributed by atoms with E-state index in [0.717, 1.165) is 13.1 Å². The number of likely N-dealkylation sites (tertiary alicyclic amines) is 1. The van der Waals surface area contributed by atoms with E-state index in [1.807, 2.05) is 7.11 Å². The number of nitrogens with two attached hydrogens (primary N) is 1. The lowest BCUT2D eigenvalue weighted by Crippen LogP contribution is -2.47. The number of hydrogen-bond donors (Lipinski definition) is 1. The molecule has 3 unspecified atom stereocenters. The number of benzene rings is 1. The highest BCUT2D eigenvalue weighted by Crippen LogP contribution is 2.27. The van der Waals surface area contributed by atoms with Crippen molar-refractivity contribution in [2.45, 2.75) is 32.4 Å². The molecule has 19 heavy (non-hydrogen) atoms. The Morgan fingerprint density at radius 3 is 2.89 bits per heavy atom. The molecule has 1 aromatic rings. The highest BCUT2D eigenvalue weighted by atomic mass is 16.5. The van der Waals surface area contributed by atoms with Crippen LogP contribution < -0.4 is 5.73 Å². The first-order valence-electron chi connectivity index (χ1n) is 7.19. The average Bonchev–Trinajstić information content (AvgIpc) is 2.41. The van der Waals surface area contributed by atoms with Gasteiger partial charge in [0.2, 0.25) is 0 Å². The number of nitrogens with zero attached hydrogens (tertiary/aromatic N) is 1. The van der Waals surface area contributed by atoms with Crippen molar-refractivity contribution in [3.05, 3.63) is 35.4 Å². The molecule has 0 bridgehead atoms. The summed E-state index contributed by atoms with van der Waals surface area (Å²) in [4.78, 5) is 2.48. The molecule has 3 atom stereocenters. The summed E-state index contributed by atoms with van der Waals surface area (Å²) < 4.78 is 5.61. The lowest BCUT2D eigenvalue weighted by molar-refractivity contribution is -0.0183. The quantitative estimate of drug-likeness (QED) is 0.905. The predicted octanol–water partition coefficient (Wildman–Crippen LogP) is 2.35. The zero-order valence-electron chi connectivity index (χ0n) is 12.3. The molecule has 2 N–H and O–H groups in total. The molecule has 1 aliphatic rings. The van der Waals surface area contributed by atoms with E-state index in [1.165, 1.54) is 17.5 Å². The summed E-state index contributed by atoms with van der Waals surface area (Å²) >= 11 is 0. The van der Waals surface area contributed by atoms with Gasteiger partial charge in [0.1, 0.15) is 0 Å². The van der Waals surface area contributed by atoms with Crippen LogP contribution in [0.3, 0.4) is 0 Å². The van der Waals surface area contributed by atoms with E-state index in [2.05, 4.69) is 43.0 Å². The number of piperidine rings is 1. The maximum absolute atomic E-state index is 6.02. The largest absolute Gasteiger partial charge is 0.380 e. The normalized spacial score (nSPS) is 26.3. The zero-order chi connectivity index (χ0) is 13.8. The Bertz CT molecular complexity index is 407. The minimum atomic E-state index is 0.310. The summed E-state index contributed by atoms with van der Waals surface area (Å²) in [5, 5.41) is 0. The second-order valence-electron chi connectivity index (χ2n) is 5.70. The van der Waals surface area contributed by atoms with Crippen LogP contribution in [0.5, 0.6) is 0 Å². The Balaban J connectivity index is 2.14. The van der Waals surface area contributed by atoms with Gasteiger partial charge in [-0.15, -0.1) is 0 Å². The molecular weight excluding hydrogens is 236 g/mol. The number of rotatable bonds is 4. The molecule has 3 heteroatoms. The van der Waals surface area contributed by atoms with E-state index in [1.54, 1.807) is 0 Å². The third-order valence-electron chi connectivity index (χ3n) is 4.31. The molecule has 0 saturated carbocycles. The third kappa shape index (κ3) is 3.35. The smallest absolute Gasteiger partial charge is 0.0724 e. The number of hydrogen-bond acceptors (Lipinski definition) is 3. The summed E-state index contributed by atoms with van der Waals surface area (Å²) in [7, 11) is 1.81. The van der Waals surface area contributed by atoms with Gasteiger partial charge in [0.05, 0.1) is 6.10 Å². The first kappa shape index (κ1) is 14.5.